The molecule has 9 nitrogen and oxygen atoms in total. The van der Waals surface area contributed by atoms with Crippen molar-refractivity contribution in [3.8, 4) is 5.75 Å². The predicted molar refractivity (Wildman–Crippen MR) is 104 cm³/mol. The Morgan fingerprint density at radius 3 is 2.64 bits per heavy atom. The van der Waals surface area contributed by atoms with Crippen molar-refractivity contribution < 1.29 is 24.4 Å². The largest absolute Gasteiger partial charge is 0.547 e. The van der Waals surface area contributed by atoms with Gasteiger partial charge in [0.1, 0.15) is 5.75 Å². The Kier molecular flexibility index (Phi) is 6.90. The molecule has 1 aromatic rings. The van der Waals surface area contributed by atoms with E-state index in [1.54, 1.807) is 12.1 Å². The predicted octanol–water partition coefficient (Wildman–Crippen LogP) is -1.34. The molecule has 1 atom stereocenters. The minimum atomic E-state index is -1.28. The molecule has 1 amide bonds. The number of benzene rings is 1. The first-order chi connectivity index (χ1) is 13.5. The van der Waals surface area contributed by atoms with Crippen LogP contribution in [0.2, 0.25) is 0 Å². The van der Waals surface area contributed by atoms with Crippen molar-refractivity contribution in [3.05, 3.63) is 29.3 Å². The number of carbonyl (C=O) groups is 2. The van der Waals surface area contributed by atoms with Crippen LogP contribution in [-0.2, 0) is 11.2 Å². The van der Waals surface area contributed by atoms with E-state index >= 15 is 0 Å². The molecule has 2 heterocycles. The second-order valence-corrected chi connectivity index (χ2v) is 7.21. The Balaban J connectivity index is 1.51. The van der Waals surface area contributed by atoms with Crippen LogP contribution in [0.25, 0.3) is 0 Å². The maximum Gasteiger partial charge on any atom is 0.547 e. The number of carboxylic acids is 1. The molecule has 1 unspecified atom stereocenters. The third-order valence-corrected chi connectivity index (χ3v) is 5.21. The molecule has 28 heavy (non-hydrogen) atoms. The lowest BCUT2D eigenvalue weighted by Gasteiger charge is -2.35. The number of rotatable bonds is 7. The first-order valence-corrected chi connectivity index (χ1v) is 9.56. The van der Waals surface area contributed by atoms with Crippen LogP contribution in [0.1, 0.15) is 15.9 Å². The van der Waals surface area contributed by atoms with Gasteiger partial charge in [0.15, 0.2) is 0 Å². The summed E-state index contributed by atoms with van der Waals surface area (Å²) in [6.07, 6.45) is 0.321. The van der Waals surface area contributed by atoms with Crippen LogP contribution in [-0.4, -0.2) is 97.7 Å². The van der Waals surface area contributed by atoms with Gasteiger partial charge in [0.2, 0.25) is 5.91 Å². The molecule has 0 saturated carbocycles. The Morgan fingerprint density at radius 2 is 1.96 bits per heavy atom. The van der Waals surface area contributed by atoms with Gasteiger partial charge in [0.05, 0.1) is 18.0 Å². The van der Waals surface area contributed by atoms with E-state index in [-0.39, 0.29) is 23.8 Å². The average Bonchev–Trinajstić information content (AvgIpc) is 2.67. The zero-order valence-corrected chi connectivity index (χ0v) is 16.1. The van der Waals surface area contributed by atoms with E-state index in [2.05, 4.69) is 20.4 Å². The third kappa shape index (κ3) is 5.02. The molecule has 0 aliphatic carbocycles. The summed E-state index contributed by atoms with van der Waals surface area (Å²) in [5.41, 5.74) is 0.672. The van der Waals surface area contributed by atoms with Crippen LogP contribution in [0.15, 0.2) is 18.2 Å². The van der Waals surface area contributed by atoms with Gasteiger partial charge in [-0.3, -0.25) is 14.6 Å². The van der Waals surface area contributed by atoms with Gasteiger partial charge in [0, 0.05) is 39.3 Å². The summed E-state index contributed by atoms with van der Waals surface area (Å²) < 4.78 is 5.41. The second-order valence-electron chi connectivity index (χ2n) is 7.21. The molecule has 3 rings (SSSR count). The molecule has 0 aromatic heterocycles. The molecule has 4 N–H and O–H groups in total. The van der Waals surface area contributed by atoms with Gasteiger partial charge in [-0.1, -0.05) is 12.1 Å². The Hall–Kier alpha value is -2.14. The lowest BCUT2D eigenvalue weighted by Crippen LogP contribution is -2.56. The Labute approximate surface area is 164 Å². The number of aromatic carboxylic acids is 1. The standard InChI is InChI=1S/C18H27BN4O5/c1-20-5-6-22-7-9-23(10-8-22)12-16(24)21-15-11-13-3-2-4-14(18(25)26)17(13)28-19(15)27/h2-4,15,20,27H,5-12H2,1H3,(H,21,24)(H,25,26). The third-order valence-electron chi connectivity index (χ3n) is 5.21. The van der Waals surface area contributed by atoms with Crippen molar-refractivity contribution in [2.75, 3.05) is 52.9 Å². The smallest absolute Gasteiger partial charge is 0.534 e. The molecule has 2 aliphatic rings. The average molecular weight is 390 g/mol. The number of likely N-dealkylation sites (N-methyl/N-ethyl adjacent to an activating group) is 1. The van der Waals surface area contributed by atoms with Gasteiger partial charge in [0.25, 0.3) is 0 Å². The lowest BCUT2D eigenvalue weighted by molar-refractivity contribution is -0.123. The maximum absolute atomic E-state index is 12.4. The molecule has 152 valence electrons. The summed E-state index contributed by atoms with van der Waals surface area (Å²) >= 11 is 0. The zero-order chi connectivity index (χ0) is 20.1. The van der Waals surface area contributed by atoms with Crippen LogP contribution in [0.4, 0.5) is 0 Å². The van der Waals surface area contributed by atoms with E-state index in [9.17, 15) is 19.7 Å². The van der Waals surface area contributed by atoms with E-state index in [1.807, 2.05) is 7.05 Å². The Morgan fingerprint density at radius 1 is 1.25 bits per heavy atom. The highest BCUT2D eigenvalue weighted by atomic mass is 16.5. The summed E-state index contributed by atoms with van der Waals surface area (Å²) in [5, 5.41) is 25.4. The number of nitrogens with one attached hydrogen (secondary N) is 2. The highest BCUT2D eigenvalue weighted by molar-refractivity contribution is 6.47. The maximum atomic E-state index is 12.4. The van der Waals surface area contributed by atoms with E-state index in [0.717, 1.165) is 39.3 Å². The minimum absolute atomic E-state index is 0.0115. The number of carboxylic acid groups (broad SMARTS) is 1. The molecule has 1 saturated heterocycles. The summed E-state index contributed by atoms with van der Waals surface area (Å²) in [6.45, 7) is 5.72. The highest BCUT2D eigenvalue weighted by Crippen LogP contribution is 2.30. The number of para-hydroxylation sites is 1. The van der Waals surface area contributed by atoms with Crippen molar-refractivity contribution in [2.24, 2.45) is 0 Å². The van der Waals surface area contributed by atoms with Gasteiger partial charge < -0.3 is 25.4 Å². The van der Waals surface area contributed by atoms with E-state index in [0.29, 0.717) is 12.0 Å². The van der Waals surface area contributed by atoms with Crippen LogP contribution >= 0.6 is 0 Å². The van der Waals surface area contributed by atoms with E-state index < -0.39 is 19.0 Å². The molecular formula is C18H27BN4O5. The monoisotopic (exact) mass is 390 g/mol. The summed E-state index contributed by atoms with van der Waals surface area (Å²) in [6, 6.07) is 4.82. The fourth-order valence-corrected chi connectivity index (χ4v) is 3.61. The Bertz CT molecular complexity index is 711. The van der Waals surface area contributed by atoms with Crippen molar-refractivity contribution in [2.45, 2.75) is 12.4 Å². The fourth-order valence-electron chi connectivity index (χ4n) is 3.61. The van der Waals surface area contributed by atoms with Gasteiger partial charge in [-0.05, 0) is 25.1 Å². The summed E-state index contributed by atoms with van der Waals surface area (Å²) in [5.74, 6) is -1.72. The number of piperazine rings is 1. The lowest BCUT2D eigenvalue weighted by atomic mass is 9.72. The van der Waals surface area contributed by atoms with Crippen molar-refractivity contribution in [1.82, 2.24) is 20.4 Å². The summed E-state index contributed by atoms with van der Waals surface area (Å²) in [4.78, 5) is 28.2. The van der Waals surface area contributed by atoms with Crippen LogP contribution in [0.3, 0.4) is 0 Å². The van der Waals surface area contributed by atoms with Crippen molar-refractivity contribution >= 4 is 19.0 Å². The van der Waals surface area contributed by atoms with Crippen LogP contribution < -0.4 is 15.3 Å². The quantitative estimate of drug-likeness (QED) is 0.423. The zero-order valence-electron chi connectivity index (χ0n) is 16.1. The molecule has 0 radical (unpaired) electrons. The topological polar surface area (TPSA) is 114 Å². The van der Waals surface area contributed by atoms with Gasteiger partial charge >= 0.3 is 13.1 Å². The van der Waals surface area contributed by atoms with Gasteiger partial charge in [-0.25, -0.2) is 4.79 Å². The number of fused-ring (bicyclic) bond motifs is 1. The van der Waals surface area contributed by atoms with Crippen LogP contribution in [0, 0.1) is 0 Å². The SMILES string of the molecule is CNCCN1CCN(CC(=O)NC2Cc3cccc(C(=O)O)c3OB2O)CC1. The van der Waals surface area contributed by atoms with E-state index in [1.165, 1.54) is 6.07 Å². The number of hydrogen-bond donors (Lipinski definition) is 4. The molecule has 10 heteroatoms. The first-order valence-electron chi connectivity index (χ1n) is 9.56. The fraction of sp³-hybridized carbons (Fsp3) is 0.556. The number of hydrogen-bond acceptors (Lipinski definition) is 7. The molecule has 1 aromatic carbocycles. The first kappa shape index (κ1) is 20.6. The molecule has 0 spiro atoms. The van der Waals surface area contributed by atoms with Crippen molar-refractivity contribution in [1.29, 1.82) is 0 Å². The highest BCUT2D eigenvalue weighted by Gasteiger charge is 2.37. The number of carbonyl (C=O) groups excluding carboxylic acids is 1. The normalized spacial score (nSPS) is 20.4. The molecule has 2 aliphatic heterocycles. The second kappa shape index (κ2) is 9.38. The molecule has 0 bridgehead atoms. The van der Waals surface area contributed by atoms with Gasteiger partial charge in [-0.15, -0.1) is 0 Å². The molecule has 1 fully saturated rings. The van der Waals surface area contributed by atoms with Gasteiger partial charge in [-0.2, -0.15) is 0 Å². The minimum Gasteiger partial charge on any atom is -0.534 e. The van der Waals surface area contributed by atoms with Crippen molar-refractivity contribution in [3.63, 3.8) is 0 Å². The molecular weight excluding hydrogens is 363 g/mol. The van der Waals surface area contributed by atoms with Crippen LogP contribution in [0.5, 0.6) is 5.75 Å². The number of amides is 1. The summed E-state index contributed by atoms with van der Waals surface area (Å²) in [7, 11) is 0.653. The number of nitrogens with zero attached hydrogens (tertiary/aromatic N) is 2. The van der Waals surface area contributed by atoms with E-state index in [4.69, 9.17) is 4.65 Å².